The number of nitrogens with two attached hydrogens (primary N) is 1. The second-order valence-electron chi connectivity index (χ2n) is 12.4. The molecule has 1 aliphatic heterocycles. The molecule has 18 heteroatoms. The molecule has 0 atom stereocenters. The van der Waals surface area contributed by atoms with Gasteiger partial charge in [-0.05, 0) is 79.9 Å². The normalized spacial score (nSPS) is 13.2. The molecule has 55 heavy (non-hydrogen) atoms. The molecule has 0 radical (unpaired) electrons. The third-order valence-corrected chi connectivity index (χ3v) is 8.31. The Morgan fingerprint density at radius 2 is 1.60 bits per heavy atom. The van der Waals surface area contributed by atoms with Crippen LogP contribution in [0.5, 0.6) is 5.75 Å². The van der Waals surface area contributed by atoms with Gasteiger partial charge < -0.3 is 31.1 Å². The van der Waals surface area contributed by atoms with Gasteiger partial charge in [0.15, 0.2) is 5.65 Å². The minimum absolute atomic E-state index is 0.157. The number of fused-ring (bicyclic) bond motifs is 1. The van der Waals surface area contributed by atoms with Crippen molar-refractivity contribution < 1.29 is 52.0 Å². The highest BCUT2D eigenvalue weighted by atomic mass is 19.4. The van der Waals surface area contributed by atoms with Crippen LogP contribution in [0.3, 0.4) is 0 Å². The number of hydrogen-bond donors (Lipinski definition) is 5. The number of aromatic nitrogens is 4. The Kier molecular flexibility index (Phi) is 13.8. The molecular weight excluding hydrogens is 730 g/mol. The molecule has 6 rings (SSSR count). The molecular formula is C37H39F4N7O7. The number of ether oxygens (including phenoxy) is 1. The van der Waals surface area contributed by atoms with E-state index in [1.165, 1.54) is 19.5 Å². The first kappa shape index (κ1) is 41.6. The number of carbonyl (C=O) groups excluding carboxylic acids is 1. The predicted octanol–water partition coefficient (Wildman–Crippen LogP) is 5.87. The van der Waals surface area contributed by atoms with Crippen molar-refractivity contribution in [3.05, 3.63) is 89.5 Å². The summed E-state index contributed by atoms with van der Waals surface area (Å²) >= 11 is 0. The summed E-state index contributed by atoms with van der Waals surface area (Å²) in [6, 6.07) is 14.4. The van der Waals surface area contributed by atoms with Gasteiger partial charge >= 0.3 is 6.18 Å². The molecule has 0 bridgehead atoms. The Bertz CT molecular complexity index is 2120. The summed E-state index contributed by atoms with van der Waals surface area (Å²) in [6.07, 6.45) is -1.44. The molecule has 292 valence electrons. The Morgan fingerprint density at radius 3 is 2.16 bits per heavy atom. The molecule has 3 aromatic carbocycles. The standard InChI is InChI=1S/C33H31F4N7O3.2C2H4O2/c1-47-27-14-21(4-9-26(27)41-32(46)24-8-5-22(15-25(24)34)33(35,36)37)29-28-30(38)39-18-40-31(28)44(42-29)23-6-2-19(3-7-23)16-43-12-10-20(17-45)11-13-43;2*1-2(3)4/h2-9,14-15,18,20,45H,10-13,16-17H2,1H3,(H,41,46)(H2,38,39,40);2*1H3,(H,3,4). The van der Waals surface area contributed by atoms with Crippen molar-refractivity contribution in [2.24, 2.45) is 5.92 Å². The first-order valence-electron chi connectivity index (χ1n) is 16.7. The Morgan fingerprint density at radius 1 is 0.964 bits per heavy atom. The van der Waals surface area contributed by atoms with E-state index in [9.17, 15) is 27.5 Å². The number of aliphatic carboxylic acids is 2. The zero-order valence-electron chi connectivity index (χ0n) is 30.0. The Balaban J connectivity index is 0.000000768. The van der Waals surface area contributed by atoms with Crippen molar-refractivity contribution in [2.45, 2.75) is 39.4 Å². The number of likely N-dealkylation sites (tertiary alicyclic amines) is 1. The number of aliphatic hydroxyl groups is 1. The van der Waals surface area contributed by atoms with Crippen molar-refractivity contribution >= 4 is 40.4 Å². The molecule has 5 aromatic rings. The van der Waals surface area contributed by atoms with Crippen LogP contribution in [-0.2, 0) is 22.3 Å². The summed E-state index contributed by atoms with van der Waals surface area (Å²) < 4.78 is 60.4. The SMILES string of the molecule is CC(=O)O.CC(=O)O.COc1cc(-c2nn(-c3ccc(CN4CCC(CO)CC4)cc3)c3ncnc(N)c23)ccc1NC(=O)c1ccc(C(F)(F)F)cc1F. The number of carboxylic acid groups (broad SMARTS) is 2. The molecule has 2 aromatic heterocycles. The van der Waals surface area contributed by atoms with Crippen LogP contribution in [0.15, 0.2) is 67.0 Å². The zero-order valence-corrected chi connectivity index (χ0v) is 30.0. The van der Waals surface area contributed by atoms with E-state index in [0.29, 0.717) is 34.3 Å². The highest BCUT2D eigenvalue weighted by molar-refractivity contribution is 6.06. The van der Waals surface area contributed by atoms with Gasteiger partial charge in [0.05, 0.1) is 35.0 Å². The smallest absolute Gasteiger partial charge is 0.416 e. The van der Waals surface area contributed by atoms with Gasteiger partial charge in [0.2, 0.25) is 0 Å². The third kappa shape index (κ3) is 11.0. The molecule has 1 saturated heterocycles. The lowest BCUT2D eigenvalue weighted by atomic mass is 9.97. The fraction of sp³-hybridized carbons (Fsp3) is 0.297. The number of amides is 1. The Labute approximate surface area is 312 Å². The number of benzene rings is 3. The van der Waals surface area contributed by atoms with Gasteiger partial charge in [-0.2, -0.15) is 18.3 Å². The van der Waals surface area contributed by atoms with Gasteiger partial charge in [-0.3, -0.25) is 19.3 Å². The van der Waals surface area contributed by atoms with Crippen molar-refractivity contribution in [2.75, 3.05) is 37.9 Å². The fourth-order valence-corrected chi connectivity index (χ4v) is 5.69. The summed E-state index contributed by atoms with van der Waals surface area (Å²) in [7, 11) is 1.37. The second kappa shape index (κ2) is 18.3. The molecule has 1 fully saturated rings. The summed E-state index contributed by atoms with van der Waals surface area (Å²) in [6.45, 7) is 5.08. The molecule has 3 heterocycles. The van der Waals surface area contributed by atoms with Crippen LogP contribution in [0.2, 0.25) is 0 Å². The maximum Gasteiger partial charge on any atom is 0.416 e. The zero-order chi connectivity index (χ0) is 40.4. The average molecular weight is 770 g/mol. The van der Waals surface area contributed by atoms with Crippen LogP contribution in [0.4, 0.5) is 29.1 Å². The highest BCUT2D eigenvalue weighted by Gasteiger charge is 2.32. The van der Waals surface area contributed by atoms with E-state index in [4.69, 9.17) is 35.4 Å². The van der Waals surface area contributed by atoms with Crippen molar-refractivity contribution in [1.82, 2.24) is 24.6 Å². The maximum absolute atomic E-state index is 14.4. The predicted molar refractivity (Wildman–Crippen MR) is 194 cm³/mol. The van der Waals surface area contributed by atoms with Crippen LogP contribution in [0.1, 0.15) is 48.2 Å². The van der Waals surface area contributed by atoms with Crippen LogP contribution in [-0.4, -0.2) is 84.6 Å². The largest absolute Gasteiger partial charge is 0.495 e. The number of halogens is 4. The summed E-state index contributed by atoms with van der Waals surface area (Å²) in [5.41, 5.74) is 8.05. The number of alkyl halides is 3. The number of nitrogens with one attached hydrogen (secondary N) is 1. The number of piperidine rings is 1. The average Bonchev–Trinajstić information content (AvgIpc) is 3.52. The van der Waals surface area contributed by atoms with E-state index in [1.807, 2.05) is 24.3 Å². The third-order valence-electron chi connectivity index (χ3n) is 8.31. The summed E-state index contributed by atoms with van der Waals surface area (Å²) in [5, 5.41) is 32.1. The number of methoxy groups -OCH3 is 1. The van der Waals surface area contributed by atoms with E-state index in [1.54, 1.807) is 16.8 Å². The van der Waals surface area contributed by atoms with Gasteiger partial charge in [0.25, 0.3) is 17.8 Å². The number of aliphatic hydroxyl groups excluding tert-OH is 1. The number of anilines is 2. The molecule has 1 amide bonds. The minimum Gasteiger partial charge on any atom is -0.495 e. The van der Waals surface area contributed by atoms with Crippen molar-refractivity contribution in [3.8, 4) is 22.7 Å². The molecule has 6 N–H and O–H groups in total. The summed E-state index contributed by atoms with van der Waals surface area (Å²) in [4.78, 5) is 41.8. The quantitative estimate of drug-likeness (QED) is 0.118. The Hall–Kier alpha value is -6.14. The first-order valence-corrected chi connectivity index (χ1v) is 16.7. The highest BCUT2D eigenvalue weighted by Crippen LogP contribution is 2.37. The van der Waals surface area contributed by atoms with Crippen LogP contribution >= 0.6 is 0 Å². The second-order valence-corrected chi connectivity index (χ2v) is 12.4. The summed E-state index contributed by atoms with van der Waals surface area (Å²) in [5.74, 6) is -3.16. The number of hydrogen-bond acceptors (Lipinski definition) is 10. The van der Waals surface area contributed by atoms with E-state index in [0.717, 1.165) is 63.6 Å². The monoisotopic (exact) mass is 769 g/mol. The van der Waals surface area contributed by atoms with Gasteiger partial charge in [-0.1, -0.05) is 18.2 Å². The van der Waals surface area contributed by atoms with Crippen LogP contribution in [0.25, 0.3) is 28.0 Å². The molecule has 1 aliphatic rings. The lowest BCUT2D eigenvalue weighted by Crippen LogP contribution is -2.34. The molecule has 14 nitrogen and oxygen atoms in total. The molecule has 0 aliphatic carbocycles. The van der Waals surface area contributed by atoms with Crippen LogP contribution in [0, 0.1) is 11.7 Å². The van der Waals surface area contributed by atoms with Gasteiger partial charge in [0.1, 0.15) is 29.4 Å². The topological polar surface area (TPSA) is 206 Å². The maximum atomic E-state index is 14.4. The van der Waals surface area contributed by atoms with Gasteiger partial charge in [0, 0.05) is 32.6 Å². The lowest BCUT2D eigenvalue weighted by Gasteiger charge is -2.31. The number of rotatable bonds is 8. The number of nitrogen functional groups attached to an aromatic ring is 1. The van der Waals surface area contributed by atoms with Gasteiger partial charge in [-0.15, -0.1) is 0 Å². The molecule has 0 spiro atoms. The van der Waals surface area contributed by atoms with E-state index in [-0.39, 0.29) is 29.9 Å². The van der Waals surface area contributed by atoms with Crippen molar-refractivity contribution in [1.29, 1.82) is 0 Å². The number of carboxylic acids is 2. The van der Waals surface area contributed by atoms with Gasteiger partial charge in [-0.25, -0.2) is 19.0 Å². The molecule has 0 unspecified atom stereocenters. The minimum atomic E-state index is -4.75. The van der Waals surface area contributed by atoms with E-state index >= 15 is 0 Å². The number of nitrogens with zero attached hydrogens (tertiary/aromatic N) is 5. The lowest BCUT2D eigenvalue weighted by molar-refractivity contribution is -0.138. The van der Waals surface area contributed by atoms with E-state index in [2.05, 4.69) is 20.2 Å². The van der Waals surface area contributed by atoms with E-state index < -0.39 is 41.0 Å². The molecule has 0 saturated carbocycles. The van der Waals surface area contributed by atoms with Crippen LogP contribution < -0.4 is 15.8 Å². The first-order chi connectivity index (χ1) is 26.0. The fourth-order valence-electron chi connectivity index (χ4n) is 5.69. The number of carbonyl (C=O) groups is 3. The van der Waals surface area contributed by atoms with Crippen molar-refractivity contribution in [3.63, 3.8) is 0 Å².